The highest BCUT2D eigenvalue weighted by Gasteiger charge is 2.24. The Balaban J connectivity index is 2.25. The molecule has 1 saturated heterocycles. The first-order valence-electron chi connectivity index (χ1n) is 2.77. The van der Waals surface area contributed by atoms with Gasteiger partial charge in [0.15, 0.2) is 0 Å². The Morgan fingerprint density at radius 2 is 2.12 bits per heavy atom. The van der Waals surface area contributed by atoms with E-state index in [1.54, 1.807) is 6.92 Å². The lowest BCUT2D eigenvalue weighted by Gasteiger charge is -2.35. The molecule has 1 radical (unpaired) electrons. The van der Waals surface area contributed by atoms with Gasteiger partial charge in [-0.2, -0.15) is 0 Å². The van der Waals surface area contributed by atoms with Crippen LogP contribution in [0.4, 0.5) is 0 Å². The van der Waals surface area contributed by atoms with Gasteiger partial charge >= 0.3 is 0 Å². The molecular weight excluding hydrogens is 102 g/mol. The fourth-order valence-electron chi connectivity index (χ4n) is 0.828. The summed E-state index contributed by atoms with van der Waals surface area (Å²) in [6, 6.07) is 0. The number of nitrogens with zero attached hydrogens (tertiary/aromatic N) is 1. The Morgan fingerprint density at radius 3 is 2.25 bits per heavy atom. The van der Waals surface area contributed by atoms with E-state index >= 15 is 0 Å². The molecule has 1 fully saturated rings. The molecule has 0 unspecified atom stereocenters. The minimum Gasteiger partial charge on any atom is -0.342 e. The number of carbonyl (C=O) groups excluding carboxylic acids is 1. The molecule has 0 N–H and O–H groups in total. The van der Waals surface area contributed by atoms with Gasteiger partial charge in [0.25, 0.3) is 0 Å². The maximum atomic E-state index is 10.5. The van der Waals surface area contributed by atoms with Crippen LogP contribution >= 0.6 is 0 Å². The molecule has 0 aromatic rings. The highest BCUT2D eigenvalue weighted by molar-refractivity contribution is 5.74. The lowest BCUT2D eigenvalue weighted by molar-refractivity contribution is -0.131. The zero-order valence-electron chi connectivity index (χ0n) is 5.27. The number of hydrogen-bond acceptors (Lipinski definition) is 1. The SMILES string of the molecule is C[C]1CN(C(C)=O)C1. The van der Waals surface area contributed by atoms with Gasteiger partial charge in [-0.3, -0.25) is 4.79 Å². The van der Waals surface area contributed by atoms with Gasteiger partial charge in [0.05, 0.1) is 0 Å². The largest absolute Gasteiger partial charge is 0.342 e. The van der Waals surface area contributed by atoms with Crippen molar-refractivity contribution in [2.45, 2.75) is 13.8 Å². The van der Waals surface area contributed by atoms with Gasteiger partial charge in [-0.1, -0.05) is 6.92 Å². The Morgan fingerprint density at radius 1 is 1.62 bits per heavy atom. The summed E-state index contributed by atoms with van der Waals surface area (Å²) in [4.78, 5) is 12.3. The van der Waals surface area contributed by atoms with Crippen LogP contribution < -0.4 is 0 Å². The molecule has 1 aliphatic heterocycles. The highest BCUT2D eigenvalue weighted by atomic mass is 16.2. The second kappa shape index (κ2) is 1.77. The molecule has 0 aliphatic carbocycles. The number of hydrogen-bond donors (Lipinski definition) is 0. The number of amides is 1. The third-order valence-corrected chi connectivity index (χ3v) is 1.37. The minimum atomic E-state index is 0.190. The molecule has 2 nitrogen and oxygen atoms in total. The molecule has 1 rings (SSSR count). The molecule has 1 aliphatic rings. The van der Waals surface area contributed by atoms with Crippen LogP contribution in [0.3, 0.4) is 0 Å². The van der Waals surface area contributed by atoms with E-state index < -0.39 is 0 Å². The summed E-state index contributed by atoms with van der Waals surface area (Å²) in [6.45, 7) is 5.44. The summed E-state index contributed by atoms with van der Waals surface area (Å²) in [5.74, 6) is 1.59. The topological polar surface area (TPSA) is 20.3 Å². The molecule has 8 heavy (non-hydrogen) atoms. The van der Waals surface area contributed by atoms with Crippen LogP contribution in [0.15, 0.2) is 0 Å². The summed E-state index contributed by atoms with van der Waals surface area (Å²) in [5.41, 5.74) is 0. The third kappa shape index (κ3) is 0.831. The number of rotatable bonds is 0. The van der Waals surface area contributed by atoms with Crippen molar-refractivity contribution in [2.24, 2.45) is 0 Å². The molecule has 0 bridgehead atoms. The molecular formula is C6H10NO. The van der Waals surface area contributed by atoms with Gasteiger partial charge in [-0.05, 0) is 0 Å². The molecule has 1 heterocycles. The van der Waals surface area contributed by atoms with Crippen molar-refractivity contribution in [3.05, 3.63) is 5.92 Å². The first-order valence-corrected chi connectivity index (χ1v) is 2.77. The fraction of sp³-hybridized carbons (Fsp3) is 0.667. The number of likely N-dealkylation sites (tertiary alicyclic amines) is 1. The van der Waals surface area contributed by atoms with E-state index in [9.17, 15) is 4.79 Å². The smallest absolute Gasteiger partial charge is 0.219 e. The predicted molar refractivity (Wildman–Crippen MR) is 31.2 cm³/mol. The highest BCUT2D eigenvalue weighted by Crippen LogP contribution is 2.15. The van der Waals surface area contributed by atoms with Crippen LogP contribution in [0, 0.1) is 5.92 Å². The van der Waals surface area contributed by atoms with E-state index in [0.29, 0.717) is 0 Å². The van der Waals surface area contributed by atoms with Crippen molar-refractivity contribution in [3.8, 4) is 0 Å². The zero-order valence-corrected chi connectivity index (χ0v) is 5.27. The second-order valence-corrected chi connectivity index (χ2v) is 2.33. The first kappa shape index (κ1) is 5.60. The molecule has 45 valence electrons. The molecule has 0 spiro atoms. The third-order valence-electron chi connectivity index (χ3n) is 1.37. The Bertz CT molecular complexity index is 105. The molecule has 0 atom stereocenters. The Hall–Kier alpha value is -0.530. The van der Waals surface area contributed by atoms with Crippen LogP contribution in [-0.4, -0.2) is 23.9 Å². The van der Waals surface area contributed by atoms with Crippen molar-refractivity contribution in [2.75, 3.05) is 13.1 Å². The first-order chi connectivity index (χ1) is 3.70. The van der Waals surface area contributed by atoms with Gasteiger partial charge < -0.3 is 4.90 Å². The minimum absolute atomic E-state index is 0.190. The summed E-state index contributed by atoms with van der Waals surface area (Å²) >= 11 is 0. The molecule has 0 aromatic carbocycles. The van der Waals surface area contributed by atoms with E-state index in [2.05, 4.69) is 6.92 Å². The van der Waals surface area contributed by atoms with E-state index in [-0.39, 0.29) is 5.91 Å². The van der Waals surface area contributed by atoms with Gasteiger partial charge in [0.2, 0.25) is 5.91 Å². The van der Waals surface area contributed by atoms with E-state index in [0.717, 1.165) is 13.1 Å². The lowest BCUT2D eigenvalue weighted by Crippen LogP contribution is -2.46. The monoisotopic (exact) mass is 112 g/mol. The molecule has 0 aromatic heterocycles. The average molecular weight is 112 g/mol. The van der Waals surface area contributed by atoms with Crippen molar-refractivity contribution in [1.82, 2.24) is 4.90 Å². The normalized spacial score (nSPS) is 20.5. The Kier molecular flexibility index (Phi) is 1.24. The van der Waals surface area contributed by atoms with Crippen LogP contribution in [-0.2, 0) is 4.79 Å². The molecule has 2 heteroatoms. The molecule has 0 saturated carbocycles. The summed E-state index contributed by atoms with van der Waals surface area (Å²) in [5, 5.41) is 0. The zero-order chi connectivity index (χ0) is 6.15. The van der Waals surface area contributed by atoms with Gasteiger partial charge in [0.1, 0.15) is 0 Å². The van der Waals surface area contributed by atoms with Crippen LogP contribution in [0.5, 0.6) is 0 Å². The lowest BCUT2D eigenvalue weighted by atomic mass is 10.0. The second-order valence-electron chi connectivity index (χ2n) is 2.33. The van der Waals surface area contributed by atoms with Crippen LogP contribution in [0.2, 0.25) is 0 Å². The molecule has 1 amide bonds. The van der Waals surface area contributed by atoms with E-state index in [4.69, 9.17) is 0 Å². The summed E-state index contributed by atoms with van der Waals surface area (Å²) < 4.78 is 0. The van der Waals surface area contributed by atoms with Gasteiger partial charge in [-0.25, -0.2) is 0 Å². The van der Waals surface area contributed by atoms with E-state index in [1.165, 1.54) is 5.92 Å². The number of carbonyl (C=O) groups is 1. The summed E-state index contributed by atoms with van der Waals surface area (Å²) in [7, 11) is 0. The van der Waals surface area contributed by atoms with Gasteiger partial charge in [-0.15, -0.1) is 0 Å². The van der Waals surface area contributed by atoms with Crippen molar-refractivity contribution in [3.63, 3.8) is 0 Å². The average Bonchev–Trinajstić information content (AvgIpc) is 1.57. The quantitative estimate of drug-likeness (QED) is 0.445. The standard InChI is InChI=1S/C6H10NO/c1-5-3-7(4-5)6(2)8/h3-4H2,1-2H3. The van der Waals surface area contributed by atoms with Gasteiger partial charge in [0, 0.05) is 25.9 Å². The van der Waals surface area contributed by atoms with Crippen molar-refractivity contribution < 1.29 is 4.79 Å². The van der Waals surface area contributed by atoms with Crippen molar-refractivity contribution in [1.29, 1.82) is 0 Å². The van der Waals surface area contributed by atoms with Crippen molar-refractivity contribution >= 4 is 5.91 Å². The maximum absolute atomic E-state index is 10.5. The fourth-order valence-corrected chi connectivity index (χ4v) is 0.828. The van der Waals surface area contributed by atoms with Crippen LogP contribution in [0.25, 0.3) is 0 Å². The maximum Gasteiger partial charge on any atom is 0.219 e. The Labute approximate surface area is 49.5 Å². The van der Waals surface area contributed by atoms with E-state index in [1.807, 2.05) is 4.90 Å². The predicted octanol–water partition coefficient (Wildman–Crippen LogP) is 0.443. The summed E-state index contributed by atoms with van der Waals surface area (Å²) in [6.07, 6.45) is 0. The van der Waals surface area contributed by atoms with Crippen LogP contribution in [0.1, 0.15) is 13.8 Å².